The highest BCUT2D eigenvalue weighted by molar-refractivity contribution is 5.92. The molecule has 32 heavy (non-hydrogen) atoms. The van der Waals surface area contributed by atoms with E-state index < -0.39 is 11.2 Å². The zero-order valence-corrected chi connectivity index (χ0v) is 18.7. The summed E-state index contributed by atoms with van der Waals surface area (Å²) in [4.78, 5) is 21.0. The van der Waals surface area contributed by atoms with Crippen molar-refractivity contribution < 1.29 is 14.6 Å². The van der Waals surface area contributed by atoms with E-state index in [4.69, 9.17) is 4.42 Å². The molecule has 0 unspecified atom stereocenters. The van der Waals surface area contributed by atoms with Crippen LogP contribution in [0.3, 0.4) is 0 Å². The molecule has 0 spiro atoms. The fraction of sp³-hybridized carbons (Fsp3) is 0.320. The van der Waals surface area contributed by atoms with Crippen molar-refractivity contribution in [2.75, 3.05) is 0 Å². The van der Waals surface area contributed by atoms with Crippen LogP contribution in [0.1, 0.15) is 33.4 Å². The summed E-state index contributed by atoms with van der Waals surface area (Å²) in [7, 11) is 0. The molecule has 0 saturated heterocycles. The quantitative estimate of drug-likeness (QED) is 0.480. The van der Waals surface area contributed by atoms with Gasteiger partial charge >= 0.3 is 0 Å². The lowest BCUT2D eigenvalue weighted by atomic mass is 9.99. The first-order valence-electron chi connectivity index (χ1n) is 10.5. The van der Waals surface area contributed by atoms with E-state index in [9.17, 15) is 15.0 Å². The van der Waals surface area contributed by atoms with Crippen LogP contribution in [0.5, 0.6) is 0 Å². The summed E-state index contributed by atoms with van der Waals surface area (Å²) >= 11 is 0. The normalized spacial score (nSPS) is 12.4. The summed E-state index contributed by atoms with van der Waals surface area (Å²) in [6.07, 6.45) is 5.56. The molecule has 0 aliphatic heterocycles. The van der Waals surface area contributed by atoms with Crippen LogP contribution in [0.4, 0.5) is 0 Å². The summed E-state index contributed by atoms with van der Waals surface area (Å²) in [5.74, 6) is 0.579. The Labute approximate surface area is 186 Å². The molecule has 4 rings (SSSR count). The molecule has 0 aliphatic carbocycles. The van der Waals surface area contributed by atoms with Gasteiger partial charge in [0.2, 0.25) is 0 Å². The maximum absolute atomic E-state index is 12.2. The SMILES string of the molecule is CC(C)(O)Cc1cc(-c2ccnc3cc(-c4ccc(=O)n(CC(C)(C)O)c4)oc23)ccn1. The van der Waals surface area contributed by atoms with E-state index in [2.05, 4.69) is 9.97 Å². The van der Waals surface area contributed by atoms with Crippen LogP contribution in [0.25, 0.3) is 33.6 Å². The molecule has 2 N–H and O–H groups in total. The number of rotatable bonds is 6. The van der Waals surface area contributed by atoms with Crippen LogP contribution in [0, 0.1) is 0 Å². The Kier molecular flexibility index (Phi) is 5.48. The highest BCUT2D eigenvalue weighted by Crippen LogP contribution is 2.33. The van der Waals surface area contributed by atoms with E-state index >= 15 is 0 Å². The molecule has 0 amide bonds. The number of furan rings is 1. The van der Waals surface area contributed by atoms with Crippen LogP contribution in [0.15, 0.2) is 64.2 Å². The summed E-state index contributed by atoms with van der Waals surface area (Å²) in [5.41, 5.74) is 2.53. The second kappa shape index (κ2) is 8.00. The smallest absolute Gasteiger partial charge is 0.250 e. The molecule has 4 heterocycles. The van der Waals surface area contributed by atoms with Crippen molar-refractivity contribution in [3.05, 3.63) is 71.0 Å². The van der Waals surface area contributed by atoms with E-state index in [-0.39, 0.29) is 12.1 Å². The van der Waals surface area contributed by atoms with Gasteiger partial charge in [0.05, 0.1) is 17.7 Å². The molecule has 4 aromatic rings. The van der Waals surface area contributed by atoms with Crippen LogP contribution in [-0.2, 0) is 13.0 Å². The minimum atomic E-state index is -1.02. The van der Waals surface area contributed by atoms with E-state index in [1.54, 1.807) is 52.4 Å². The lowest BCUT2D eigenvalue weighted by molar-refractivity contribution is 0.0604. The third-order valence-corrected chi connectivity index (χ3v) is 4.98. The molecular weight excluding hydrogens is 406 g/mol. The molecule has 166 valence electrons. The van der Waals surface area contributed by atoms with Crippen molar-refractivity contribution >= 4 is 11.1 Å². The van der Waals surface area contributed by atoms with Crippen LogP contribution < -0.4 is 5.56 Å². The minimum Gasteiger partial charge on any atom is -0.454 e. The zero-order chi connectivity index (χ0) is 23.1. The lowest BCUT2D eigenvalue weighted by Crippen LogP contribution is -2.32. The van der Waals surface area contributed by atoms with E-state index in [0.717, 1.165) is 22.4 Å². The first-order valence-corrected chi connectivity index (χ1v) is 10.5. The van der Waals surface area contributed by atoms with Gasteiger partial charge in [-0.25, -0.2) is 0 Å². The molecule has 7 heteroatoms. The Morgan fingerprint density at radius 2 is 1.69 bits per heavy atom. The lowest BCUT2D eigenvalue weighted by Gasteiger charge is -2.18. The standard InChI is InChI=1S/C25H27N3O4/c1-24(2,30)13-18-11-16(7-9-26-18)19-8-10-27-20-12-21(32-23(19)20)17-5-6-22(29)28(14-17)15-25(3,4)31/h5-12,14,30-31H,13,15H2,1-4H3. The predicted octanol–water partition coefficient (Wildman–Crippen LogP) is 3.80. The Hall–Kier alpha value is -3.29. The fourth-order valence-corrected chi connectivity index (χ4v) is 3.71. The largest absolute Gasteiger partial charge is 0.454 e. The number of pyridine rings is 3. The highest BCUT2D eigenvalue weighted by Gasteiger charge is 2.18. The van der Waals surface area contributed by atoms with Gasteiger partial charge in [0.15, 0.2) is 5.58 Å². The van der Waals surface area contributed by atoms with E-state index in [1.807, 2.05) is 24.3 Å². The third kappa shape index (κ3) is 4.95. The van der Waals surface area contributed by atoms with Gasteiger partial charge in [-0.3, -0.25) is 14.8 Å². The van der Waals surface area contributed by atoms with Gasteiger partial charge in [-0.15, -0.1) is 0 Å². The van der Waals surface area contributed by atoms with Gasteiger partial charge in [0.25, 0.3) is 5.56 Å². The number of hydrogen-bond acceptors (Lipinski definition) is 6. The molecule has 0 radical (unpaired) electrons. The minimum absolute atomic E-state index is 0.171. The fourth-order valence-electron chi connectivity index (χ4n) is 3.71. The van der Waals surface area contributed by atoms with E-state index in [0.29, 0.717) is 23.3 Å². The summed E-state index contributed by atoms with van der Waals surface area (Å²) < 4.78 is 7.67. The average Bonchev–Trinajstić information content (AvgIpc) is 3.12. The first kappa shape index (κ1) is 21.9. The molecule has 0 bridgehead atoms. The maximum Gasteiger partial charge on any atom is 0.250 e. The number of aliphatic hydroxyl groups is 2. The molecule has 0 aromatic carbocycles. The van der Waals surface area contributed by atoms with E-state index in [1.165, 1.54) is 10.6 Å². The monoisotopic (exact) mass is 433 g/mol. The van der Waals surface area contributed by atoms with Crippen molar-refractivity contribution in [2.24, 2.45) is 0 Å². The van der Waals surface area contributed by atoms with Gasteiger partial charge in [0.1, 0.15) is 11.3 Å². The van der Waals surface area contributed by atoms with Gasteiger partial charge in [0, 0.05) is 54.0 Å². The van der Waals surface area contributed by atoms with Gasteiger partial charge in [-0.05, 0) is 57.5 Å². The number of nitrogens with zero attached hydrogens (tertiary/aromatic N) is 3. The molecule has 4 aromatic heterocycles. The van der Waals surface area contributed by atoms with Crippen molar-refractivity contribution in [1.82, 2.24) is 14.5 Å². The van der Waals surface area contributed by atoms with Crippen LogP contribution >= 0.6 is 0 Å². The highest BCUT2D eigenvalue weighted by atomic mass is 16.3. The van der Waals surface area contributed by atoms with Crippen molar-refractivity contribution in [3.8, 4) is 22.5 Å². The topological polar surface area (TPSA) is 101 Å². The second-order valence-corrected chi connectivity index (χ2v) is 9.40. The van der Waals surface area contributed by atoms with Crippen LogP contribution in [0.2, 0.25) is 0 Å². The molecular formula is C25H27N3O4. The summed E-state index contributed by atoms with van der Waals surface area (Å²) in [6.45, 7) is 6.99. The Balaban J connectivity index is 1.77. The van der Waals surface area contributed by atoms with Crippen molar-refractivity contribution in [3.63, 3.8) is 0 Å². The molecule has 7 nitrogen and oxygen atoms in total. The Morgan fingerprint density at radius 1 is 0.938 bits per heavy atom. The number of fused-ring (bicyclic) bond motifs is 1. The first-order chi connectivity index (χ1) is 15.0. The van der Waals surface area contributed by atoms with Gasteiger partial charge in [-0.2, -0.15) is 0 Å². The molecule has 0 atom stereocenters. The predicted molar refractivity (Wildman–Crippen MR) is 123 cm³/mol. The number of hydrogen-bond donors (Lipinski definition) is 2. The number of aromatic nitrogens is 3. The van der Waals surface area contributed by atoms with Crippen molar-refractivity contribution in [1.29, 1.82) is 0 Å². The Morgan fingerprint density at radius 3 is 2.41 bits per heavy atom. The second-order valence-electron chi connectivity index (χ2n) is 9.40. The molecule has 0 saturated carbocycles. The maximum atomic E-state index is 12.2. The van der Waals surface area contributed by atoms with Crippen molar-refractivity contribution in [2.45, 2.75) is 51.9 Å². The molecule has 0 aliphatic rings. The van der Waals surface area contributed by atoms with Crippen LogP contribution in [-0.4, -0.2) is 36.0 Å². The molecule has 0 fully saturated rings. The van der Waals surface area contributed by atoms with Gasteiger partial charge < -0.3 is 19.2 Å². The zero-order valence-electron chi connectivity index (χ0n) is 18.7. The summed E-state index contributed by atoms with van der Waals surface area (Å²) in [6, 6.07) is 10.7. The Bertz CT molecular complexity index is 1320. The average molecular weight is 434 g/mol. The third-order valence-electron chi connectivity index (χ3n) is 4.98. The van der Waals surface area contributed by atoms with Gasteiger partial charge in [-0.1, -0.05) is 0 Å². The summed E-state index contributed by atoms with van der Waals surface area (Å²) in [5, 5.41) is 20.3.